The van der Waals surface area contributed by atoms with Crippen molar-refractivity contribution >= 4 is 29.8 Å². The van der Waals surface area contributed by atoms with Crippen LogP contribution in [0.3, 0.4) is 0 Å². The molecule has 0 bridgehead atoms. The molecule has 0 radical (unpaired) electrons. The van der Waals surface area contributed by atoms with Crippen molar-refractivity contribution in [2.75, 3.05) is 0 Å². The van der Waals surface area contributed by atoms with Crippen LogP contribution in [-0.4, -0.2) is 64.0 Å². The zero-order chi connectivity index (χ0) is 34.2. The number of esters is 1. The Morgan fingerprint density at radius 2 is 1.41 bits per heavy atom. The van der Waals surface area contributed by atoms with E-state index in [0.29, 0.717) is 18.4 Å². The van der Waals surface area contributed by atoms with Gasteiger partial charge in [-0.05, 0) is 77.5 Å². The summed E-state index contributed by atoms with van der Waals surface area (Å²) in [5.41, 5.74) is 6.17. The third kappa shape index (κ3) is 11.2. The van der Waals surface area contributed by atoms with Crippen molar-refractivity contribution in [3.63, 3.8) is 0 Å². The van der Waals surface area contributed by atoms with Gasteiger partial charge < -0.3 is 30.7 Å². The van der Waals surface area contributed by atoms with Gasteiger partial charge in [0.1, 0.15) is 29.3 Å². The van der Waals surface area contributed by atoms with Crippen molar-refractivity contribution in [1.29, 1.82) is 0 Å². The van der Waals surface area contributed by atoms with Gasteiger partial charge in [-0.25, -0.2) is 9.59 Å². The van der Waals surface area contributed by atoms with Crippen LogP contribution >= 0.6 is 0 Å². The number of carbonyl (C=O) groups is 5. The molecule has 0 spiro atoms. The van der Waals surface area contributed by atoms with Gasteiger partial charge in [0.25, 0.3) is 0 Å². The van der Waals surface area contributed by atoms with Crippen molar-refractivity contribution in [2.45, 2.75) is 116 Å². The van der Waals surface area contributed by atoms with Gasteiger partial charge >= 0.3 is 12.1 Å². The van der Waals surface area contributed by atoms with E-state index in [1.807, 2.05) is 49.4 Å². The van der Waals surface area contributed by atoms with Crippen LogP contribution in [0.25, 0.3) is 0 Å². The average molecular weight is 637 g/mol. The number of carbonyl (C=O) groups excluding carboxylic acids is 5. The molecule has 3 unspecified atom stereocenters. The van der Waals surface area contributed by atoms with Gasteiger partial charge in [-0.1, -0.05) is 61.5 Å². The number of benzene rings is 2. The van der Waals surface area contributed by atoms with E-state index in [0.717, 1.165) is 17.5 Å². The predicted octanol–water partition coefficient (Wildman–Crippen LogP) is 4.12. The Labute approximate surface area is 271 Å². The molecule has 11 heteroatoms. The highest BCUT2D eigenvalue weighted by Gasteiger charge is 2.45. The number of hydrogen-bond donors (Lipinski definition) is 3. The maximum atomic E-state index is 14.4. The minimum atomic E-state index is -1.39. The van der Waals surface area contributed by atoms with E-state index in [4.69, 9.17) is 15.2 Å². The lowest BCUT2D eigenvalue weighted by Gasteiger charge is -2.35. The zero-order valence-corrected chi connectivity index (χ0v) is 27.9. The van der Waals surface area contributed by atoms with Crippen LogP contribution in [0.4, 0.5) is 4.79 Å². The normalized spacial score (nSPS) is 15.1. The number of rotatable bonds is 13. The summed E-state index contributed by atoms with van der Waals surface area (Å²) >= 11 is 0. The summed E-state index contributed by atoms with van der Waals surface area (Å²) in [4.78, 5) is 68.3. The van der Waals surface area contributed by atoms with Gasteiger partial charge in [0.15, 0.2) is 0 Å². The molecule has 0 aromatic heterocycles. The molecule has 2 aromatic carbocycles. The molecular weight excluding hydrogens is 588 g/mol. The smallest absolute Gasteiger partial charge is 0.408 e. The molecule has 4 amide bonds. The third-order valence-corrected chi connectivity index (χ3v) is 7.11. The van der Waals surface area contributed by atoms with Crippen molar-refractivity contribution in [3.05, 3.63) is 71.3 Å². The number of nitrogens with two attached hydrogens (primary N) is 1. The molecule has 1 fully saturated rings. The summed E-state index contributed by atoms with van der Waals surface area (Å²) in [6, 6.07) is 12.5. The van der Waals surface area contributed by atoms with Crippen molar-refractivity contribution in [2.24, 2.45) is 5.73 Å². The first-order valence-electron chi connectivity index (χ1n) is 15.7. The summed E-state index contributed by atoms with van der Waals surface area (Å²) in [5, 5.41) is 5.36. The number of amides is 4. The topological polar surface area (TPSA) is 157 Å². The quantitative estimate of drug-likeness (QED) is 0.279. The van der Waals surface area contributed by atoms with E-state index in [1.54, 1.807) is 53.7 Å². The minimum absolute atomic E-state index is 0.158. The fraction of sp³-hybridized carbons (Fsp3) is 0.514. The highest BCUT2D eigenvalue weighted by molar-refractivity contribution is 5.96. The summed E-state index contributed by atoms with van der Waals surface area (Å²) in [6.45, 7) is 12.3. The minimum Gasteiger partial charge on any atom is -0.458 e. The van der Waals surface area contributed by atoms with Crippen LogP contribution in [0, 0.1) is 0 Å². The molecule has 0 saturated heterocycles. The summed E-state index contributed by atoms with van der Waals surface area (Å²) in [6.07, 6.45) is 0.740. The van der Waals surface area contributed by atoms with Gasteiger partial charge in [-0.15, -0.1) is 0 Å². The fourth-order valence-electron chi connectivity index (χ4n) is 4.94. The molecule has 3 rings (SSSR count). The molecule has 1 saturated carbocycles. The van der Waals surface area contributed by atoms with E-state index >= 15 is 0 Å². The Morgan fingerprint density at radius 1 is 0.826 bits per heavy atom. The zero-order valence-electron chi connectivity index (χ0n) is 27.9. The molecular formula is C35H48N4O7. The Hall–Kier alpha value is -4.41. The average Bonchev–Trinajstić information content (AvgIpc) is 3.78. The molecule has 46 heavy (non-hydrogen) atoms. The second kappa shape index (κ2) is 15.2. The second-order valence-electron chi connectivity index (χ2n) is 13.6. The van der Waals surface area contributed by atoms with E-state index in [2.05, 4.69) is 10.6 Å². The highest BCUT2D eigenvalue weighted by Crippen LogP contribution is 2.36. The Morgan fingerprint density at radius 3 is 1.91 bits per heavy atom. The predicted molar refractivity (Wildman–Crippen MR) is 173 cm³/mol. The molecule has 250 valence electrons. The Bertz CT molecular complexity index is 1380. The molecule has 11 nitrogen and oxygen atoms in total. The van der Waals surface area contributed by atoms with Crippen molar-refractivity contribution in [3.8, 4) is 0 Å². The van der Waals surface area contributed by atoms with Gasteiger partial charge in [-0.3, -0.25) is 14.4 Å². The number of nitrogens with zero attached hydrogens (tertiary/aromatic N) is 1. The lowest BCUT2D eigenvalue weighted by Crippen LogP contribution is -2.56. The first-order valence-corrected chi connectivity index (χ1v) is 15.7. The summed E-state index contributed by atoms with van der Waals surface area (Å²) in [7, 11) is 0. The van der Waals surface area contributed by atoms with Crippen LogP contribution in [0.1, 0.15) is 90.5 Å². The first kappa shape index (κ1) is 36.1. The first-order chi connectivity index (χ1) is 21.5. The molecule has 0 aliphatic heterocycles. The van der Waals surface area contributed by atoms with Gasteiger partial charge in [-0.2, -0.15) is 0 Å². The number of alkyl carbamates (subject to hydrolysis) is 1. The SMILES string of the molecule is CCc1ccc(C(C(=O)NC(Cc2ccccc2)C(=O)OC(C)(C)C)N(C(=O)C(CC(N)=O)NC(=O)OC(C)(C)C)C2CC2)cc1. The largest absolute Gasteiger partial charge is 0.458 e. The maximum absolute atomic E-state index is 14.4. The van der Waals surface area contributed by atoms with Crippen molar-refractivity contribution in [1.82, 2.24) is 15.5 Å². The Kier molecular flexibility index (Phi) is 12.0. The van der Waals surface area contributed by atoms with Crippen LogP contribution in [0.15, 0.2) is 54.6 Å². The highest BCUT2D eigenvalue weighted by atomic mass is 16.6. The monoisotopic (exact) mass is 636 g/mol. The number of primary amides is 1. The maximum Gasteiger partial charge on any atom is 0.408 e. The summed E-state index contributed by atoms with van der Waals surface area (Å²) < 4.78 is 11.0. The van der Waals surface area contributed by atoms with E-state index < -0.39 is 65.5 Å². The lowest BCUT2D eigenvalue weighted by molar-refractivity contribution is -0.159. The molecule has 4 N–H and O–H groups in total. The lowest BCUT2D eigenvalue weighted by atomic mass is 9.98. The number of aryl methyl sites for hydroxylation is 1. The van der Waals surface area contributed by atoms with Crippen molar-refractivity contribution < 1.29 is 33.4 Å². The van der Waals surface area contributed by atoms with Gasteiger partial charge in [0, 0.05) is 12.5 Å². The molecule has 1 aliphatic rings. The molecule has 0 heterocycles. The number of ether oxygens (including phenoxy) is 2. The van der Waals surface area contributed by atoms with E-state index in [9.17, 15) is 24.0 Å². The second-order valence-corrected chi connectivity index (χ2v) is 13.6. The van der Waals surface area contributed by atoms with Gasteiger partial charge in [0.05, 0.1) is 6.42 Å². The summed E-state index contributed by atoms with van der Waals surface area (Å²) in [5.74, 6) is -2.70. The van der Waals surface area contributed by atoms with Gasteiger partial charge in [0.2, 0.25) is 17.7 Å². The van der Waals surface area contributed by atoms with E-state index in [1.165, 1.54) is 4.90 Å². The number of nitrogens with one attached hydrogen (secondary N) is 2. The molecule has 3 atom stereocenters. The Balaban J connectivity index is 2.04. The molecule has 2 aromatic rings. The molecule has 1 aliphatic carbocycles. The van der Waals surface area contributed by atoms with Crippen LogP contribution in [0.2, 0.25) is 0 Å². The van der Waals surface area contributed by atoms with E-state index in [-0.39, 0.29) is 12.5 Å². The number of hydrogen-bond acceptors (Lipinski definition) is 7. The van der Waals surface area contributed by atoms with Crippen LogP contribution in [0.5, 0.6) is 0 Å². The van der Waals surface area contributed by atoms with Crippen LogP contribution in [-0.2, 0) is 41.5 Å². The third-order valence-electron chi connectivity index (χ3n) is 7.11. The van der Waals surface area contributed by atoms with Crippen LogP contribution < -0.4 is 16.4 Å². The standard InChI is InChI=1S/C35H48N4O7/c1-8-22-14-16-24(17-15-22)29(30(41)37-27(32(43)45-34(2,3)4)20-23-12-10-9-11-13-23)39(25-18-19-25)31(42)26(21-28(36)40)38-33(44)46-35(5,6)7/h9-17,25-27,29H,8,18-21H2,1-7H3,(H2,36,40)(H,37,41)(H,38,44). The fourth-order valence-corrected chi connectivity index (χ4v) is 4.94.